The molecule has 2 atom stereocenters. The first-order valence-corrected chi connectivity index (χ1v) is 11.5. The van der Waals surface area contributed by atoms with E-state index in [0.717, 1.165) is 5.56 Å². The molecule has 3 aromatic rings. The van der Waals surface area contributed by atoms with E-state index in [1.807, 2.05) is 24.4 Å². The Balaban J connectivity index is 1.51. The number of sulfone groups is 1. The quantitative estimate of drug-likeness (QED) is 0.656. The largest absolute Gasteiger partial charge is 0.392 e. The zero-order chi connectivity index (χ0) is 19.7. The summed E-state index contributed by atoms with van der Waals surface area (Å²) in [5, 5.41) is 16.0. The third-order valence-corrected chi connectivity index (χ3v) is 7.28. The number of aromatic nitrogens is 2. The van der Waals surface area contributed by atoms with Crippen LogP contribution < -0.4 is 0 Å². The van der Waals surface area contributed by atoms with Gasteiger partial charge in [-0.3, -0.25) is 4.90 Å². The highest BCUT2D eigenvalue weighted by Gasteiger charge is 2.36. The summed E-state index contributed by atoms with van der Waals surface area (Å²) >= 11 is 1.65. The maximum Gasteiger partial charge on any atom is 0.244 e. The molecule has 0 bridgehead atoms. The smallest absolute Gasteiger partial charge is 0.244 e. The van der Waals surface area contributed by atoms with Crippen molar-refractivity contribution >= 4 is 21.2 Å². The number of likely N-dealkylation sites (tertiary alicyclic amines) is 1. The number of aliphatic hydroxyl groups is 1. The number of benzene rings is 1. The average molecular weight is 420 g/mol. The van der Waals surface area contributed by atoms with E-state index in [1.165, 1.54) is 4.88 Å². The molecule has 0 radical (unpaired) electrons. The summed E-state index contributed by atoms with van der Waals surface area (Å²) in [4.78, 5) is 7.83. The molecule has 1 aromatic carbocycles. The zero-order valence-electron chi connectivity index (χ0n) is 15.4. The summed E-state index contributed by atoms with van der Waals surface area (Å²) in [5.41, 5.74) is 0.992. The fraction of sp³-hybridized carbons (Fsp3) is 0.368. The minimum Gasteiger partial charge on any atom is -0.392 e. The molecule has 1 aliphatic rings. The van der Waals surface area contributed by atoms with Gasteiger partial charge in [-0.15, -0.1) is 11.3 Å². The van der Waals surface area contributed by atoms with Gasteiger partial charge in [-0.2, -0.15) is 4.98 Å². The predicted octanol–water partition coefficient (Wildman–Crippen LogP) is 2.72. The molecule has 2 aromatic heterocycles. The molecule has 1 saturated heterocycles. The highest BCUT2D eigenvalue weighted by atomic mass is 32.2. The standard InChI is InChI=1S/C19H21N3O4S2/c1-13-4-6-16(7-5-13)28(24,25)12-18-20-19(26-21-18)17-9-14(23)10-22(17)11-15-3-2-8-27-15/h2-8,14,17,23H,9-12H2,1H3/t14-,17-/m1/s1. The normalized spacial score (nSPS) is 20.6. The first kappa shape index (κ1) is 19.3. The highest BCUT2D eigenvalue weighted by Crippen LogP contribution is 2.33. The van der Waals surface area contributed by atoms with Crippen LogP contribution in [-0.4, -0.2) is 41.2 Å². The number of hydrogen-bond acceptors (Lipinski definition) is 8. The SMILES string of the molecule is Cc1ccc(S(=O)(=O)Cc2noc([C@H]3C[C@@H](O)CN3Cc3cccs3)n2)cc1. The van der Waals surface area contributed by atoms with Crippen LogP contribution in [0, 0.1) is 6.92 Å². The second-order valence-electron chi connectivity index (χ2n) is 7.04. The number of thiophene rings is 1. The molecule has 9 heteroatoms. The molecular formula is C19H21N3O4S2. The first-order chi connectivity index (χ1) is 13.4. The molecule has 1 N–H and O–H groups in total. The molecule has 148 valence electrons. The van der Waals surface area contributed by atoms with Gasteiger partial charge < -0.3 is 9.63 Å². The van der Waals surface area contributed by atoms with E-state index in [9.17, 15) is 13.5 Å². The third kappa shape index (κ3) is 4.17. The van der Waals surface area contributed by atoms with Gasteiger partial charge >= 0.3 is 0 Å². The van der Waals surface area contributed by atoms with Crippen LogP contribution in [0.15, 0.2) is 51.2 Å². The van der Waals surface area contributed by atoms with E-state index >= 15 is 0 Å². The molecule has 3 heterocycles. The molecule has 4 rings (SSSR count). The number of β-amino-alcohol motifs (C(OH)–C–C–N with tert-alkyl or cyclic N) is 1. The van der Waals surface area contributed by atoms with Gasteiger partial charge in [0.25, 0.3) is 0 Å². The van der Waals surface area contributed by atoms with Crippen molar-refractivity contribution in [1.29, 1.82) is 0 Å². The fourth-order valence-electron chi connectivity index (χ4n) is 3.37. The van der Waals surface area contributed by atoms with Crippen molar-refractivity contribution in [2.75, 3.05) is 6.54 Å². The summed E-state index contributed by atoms with van der Waals surface area (Å²) in [7, 11) is -3.55. The van der Waals surface area contributed by atoms with Gasteiger partial charge in [0.15, 0.2) is 15.7 Å². The van der Waals surface area contributed by atoms with Crippen molar-refractivity contribution in [1.82, 2.24) is 15.0 Å². The average Bonchev–Trinajstić information content (AvgIpc) is 3.37. The van der Waals surface area contributed by atoms with Gasteiger partial charge in [-0.25, -0.2) is 8.42 Å². The Morgan fingerprint density at radius 1 is 1.29 bits per heavy atom. The van der Waals surface area contributed by atoms with Crippen LogP contribution in [0.3, 0.4) is 0 Å². The highest BCUT2D eigenvalue weighted by molar-refractivity contribution is 7.90. The lowest BCUT2D eigenvalue weighted by Crippen LogP contribution is -2.24. The van der Waals surface area contributed by atoms with Gasteiger partial charge in [0.1, 0.15) is 5.75 Å². The number of rotatable bonds is 6. The topological polar surface area (TPSA) is 96.5 Å². The van der Waals surface area contributed by atoms with Crippen molar-refractivity contribution in [3.63, 3.8) is 0 Å². The number of aryl methyl sites for hydroxylation is 1. The van der Waals surface area contributed by atoms with Crippen LogP contribution >= 0.6 is 11.3 Å². The van der Waals surface area contributed by atoms with Crippen molar-refractivity contribution in [3.05, 3.63) is 63.9 Å². The predicted molar refractivity (Wildman–Crippen MR) is 104 cm³/mol. The van der Waals surface area contributed by atoms with Crippen LogP contribution in [-0.2, 0) is 22.1 Å². The molecule has 28 heavy (non-hydrogen) atoms. The van der Waals surface area contributed by atoms with Gasteiger partial charge in [-0.05, 0) is 36.9 Å². The summed E-state index contributed by atoms with van der Waals surface area (Å²) < 4.78 is 30.6. The lowest BCUT2D eigenvalue weighted by Gasteiger charge is -2.20. The van der Waals surface area contributed by atoms with Crippen molar-refractivity contribution in [2.45, 2.75) is 42.7 Å². The molecule has 0 spiro atoms. The maximum atomic E-state index is 12.6. The lowest BCUT2D eigenvalue weighted by molar-refractivity contribution is 0.170. The molecule has 0 amide bonds. The lowest BCUT2D eigenvalue weighted by atomic mass is 10.2. The number of nitrogens with zero attached hydrogens (tertiary/aromatic N) is 3. The van der Waals surface area contributed by atoms with E-state index in [0.29, 0.717) is 25.4 Å². The second kappa shape index (κ2) is 7.75. The summed E-state index contributed by atoms with van der Waals surface area (Å²) in [5.74, 6) is 0.162. The van der Waals surface area contributed by atoms with E-state index in [4.69, 9.17) is 4.52 Å². The summed E-state index contributed by atoms with van der Waals surface area (Å²) in [6, 6.07) is 10.5. The van der Waals surface area contributed by atoms with Crippen LogP contribution in [0.1, 0.15) is 34.6 Å². The van der Waals surface area contributed by atoms with E-state index in [1.54, 1.807) is 35.6 Å². The Kier molecular flexibility index (Phi) is 5.33. The van der Waals surface area contributed by atoms with Crippen LogP contribution in [0.25, 0.3) is 0 Å². The Morgan fingerprint density at radius 3 is 2.79 bits per heavy atom. The molecule has 0 saturated carbocycles. The Hall–Kier alpha value is -2.07. The molecule has 0 aliphatic carbocycles. The molecular weight excluding hydrogens is 398 g/mol. The second-order valence-corrected chi connectivity index (χ2v) is 10.1. The van der Waals surface area contributed by atoms with Crippen molar-refractivity contribution in [3.8, 4) is 0 Å². The van der Waals surface area contributed by atoms with Crippen LogP contribution in [0.5, 0.6) is 0 Å². The Morgan fingerprint density at radius 2 is 2.07 bits per heavy atom. The molecule has 7 nitrogen and oxygen atoms in total. The first-order valence-electron chi connectivity index (χ1n) is 8.97. The van der Waals surface area contributed by atoms with E-state index in [2.05, 4.69) is 15.0 Å². The minimum atomic E-state index is -3.55. The third-order valence-electron chi connectivity index (χ3n) is 4.79. The number of aliphatic hydroxyl groups excluding tert-OH is 1. The Labute approximate surface area is 167 Å². The van der Waals surface area contributed by atoms with Crippen LogP contribution in [0.4, 0.5) is 0 Å². The molecule has 0 unspecified atom stereocenters. The van der Waals surface area contributed by atoms with E-state index < -0.39 is 15.9 Å². The summed E-state index contributed by atoms with van der Waals surface area (Å²) in [6.07, 6.45) is 0.00848. The monoisotopic (exact) mass is 419 g/mol. The van der Waals surface area contributed by atoms with E-state index in [-0.39, 0.29) is 22.5 Å². The van der Waals surface area contributed by atoms with Crippen LogP contribution in [0.2, 0.25) is 0 Å². The van der Waals surface area contributed by atoms with Crippen molar-refractivity contribution in [2.24, 2.45) is 0 Å². The molecule has 1 aliphatic heterocycles. The minimum absolute atomic E-state index is 0.132. The van der Waals surface area contributed by atoms with Gasteiger partial charge in [0.05, 0.1) is 17.0 Å². The maximum absolute atomic E-state index is 12.6. The van der Waals surface area contributed by atoms with Gasteiger partial charge in [-0.1, -0.05) is 28.9 Å². The fourth-order valence-corrected chi connectivity index (χ4v) is 5.28. The zero-order valence-corrected chi connectivity index (χ0v) is 17.0. The molecule has 1 fully saturated rings. The number of hydrogen-bond donors (Lipinski definition) is 1. The Bertz CT molecular complexity index is 1030. The summed E-state index contributed by atoms with van der Waals surface area (Å²) in [6.45, 7) is 3.10. The van der Waals surface area contributed by atoms with Crippen molar-refractivity contribution < 1.29 is 18.0 Å². The van der Waals surface area contributed by atoms with Gasteiger partial charge in [0.2, 0.25) is 5.89 Å². The van der Waals surface area contributed by atoms with Gasteiger partial charge in [0, 0.05) is 18.0 Å².